The highest BCUT2D eigenvalue weighted by atomic mass is 32.1. The lowest BCUT2D eigenvalue weighted by atomic mass is 9.90. The Bertz CT molecular complexity index is 3050. The van der Waals surface area contributed by atoms with E-state index < -0.39 is 0 Å². The van der Waals surface area contributed by atoms with Crippen molar-refractivity contribution >= 4 is 110 Å². The molecule has 4 aromatic heterocycles. The Balaban J connectivity index is 0.921. The Morgan fingerprint density at radius 3 is 1.08 bits per heavy atom. The maximum absolute atomic E-state index is 2.33. The minimum atomic E-state index is 1.31. The third kappa shape index (κ3) is 4.18. The molecule has 0 unspecified atom stereocenters. The molecular formula is C48H26S4. The SMILES string of the molecule is c1cc2ccc3ccc(-c4ccsc4-c4ccc(-c5ccc(-c6sccc6-c6ccc7ccc8cccc9ccc6c7c89)s5)s4)c4ccc(c1)c2c34. The highest BCUT2D eigenvalue weighted by Gasteiger charge is 2.20. The number of benzene rings is 8. The van der Waals surface area contributed by atoms with Gasteiger partial charge in [0.15, 0.2) is 0 Å². The Kier molecular flexibility index (Phi) is 6.23. The van der Waals surface area contributed by atoms with E-state index >= 15 is 0 Å². The van der Waals surface area contributed by atoms with Crippen molar-refractivity contribution in [1.29, 1.82) is 0 Å². The lowest BCUT2D eigenvalue weighted by Crippen LogP contribution is -1.87. The van der Waals surface area contributed by atoms with Gasteiger partial charge in [-0.2, -0.15) is 0 Å². The Morgan fingerprint density at radius 2 is 0.635 bits per heavy atom. The predicted octanol–water partition coefficient (Wildman–Crippen LogP) is 16.1. The van der Waals surface area contributed by atoms with Crippen LogP contribution in [-0.4, -0.2) is 0 Å². The van der Waals surface area contributed by atoms with Crippen LogP contribution in [0.2, 0.25) is 0 Å². The van der Waals surface area contributed by atoms with Crippen molar-refractivity contribution in [3.63, 3.8) is 0 Å². The second-order valence-corrected chi connectivity index (χ2v) is 17.6. The van der Waals surface area contributed by atoms with Crippen molar-refractivity contribution < 1.29 is 0 Å². The Labute approximate surface area is 315 Å². The first kappa shape index (κ1) is 29.2. The summed E-state index contributed by atoms with van der Waals surface area (Å²) in [6.07, 6.45) is 0. The fraction of sp³-hybridized carbons (Fsp3) is 0. The fourth-order valence-corrected chi connectivity index (χ4v) is 12.8. The third-order valence-corrected chi connectivity index (χ3v) is 15.4. The van der Waals surface area contributed by atoms with Gasteiger partial charge in [-0.15, -0.1) is 45.3 Å². The molecule has 12 rings (SSSR count). The molecule has 0 atom stereocenters. The summed E-state index contributed by atoms with van der Waals surface area (Å²) in [5, 5.41) is 20.5. The Hall–Kier alpha value is -5.36. The number of rotatable bonds is 5. The second kappa shape index (κ2) is 11.1. The summed E-state index contributed by atoms with van der Waals surface area (Å²) < 4.78 is 0. The molecule has 4 heterocycles. The van der Waals surface area contributed by atoms with E-state index in [9.17, 15) is 0 Å². The maximum atomic E-state index is 2.33. The van der Waals surface area contributed by atoms with Crippen molar-refractivity contribution in [2.24, 2.45) is 0 Å². The number of thiophene rings is 4. The maximum Gasteiger partial charge on any atom is 0.0521 e. The quantitative estimate of drug-likeness (QED) is 0.155. The van der Waals surface area contributed by atoms with Gasteiger partial charge in [-0.3, -0.25) is 0 Å². The van der Waals surface area contributed by atoms with E-state index in [-0.39, 0.29) is 0 Å². The minimum Gasteiger partial charge on any atom is -0.142 e. The highest BCUT2D eigenvalue weighted by molar-refractivity contribution is 7.28. The summed E-state index contributed by atoms with van der Waals surface area (Å²) in [6, 6.07) is 54.7. The molecule has 0 N–H and O–H groups in total. The van der Waals surface area contributed by atoms with E-state index in [1.165, 1.54) is 116 Å². The Morgan fingerprint density at radius 1 is 0.269 bits per heavy atom. The molecule has 52 heavy (non-hydrogen) atoms. The molecule has 0 aliphatic carbocycles. The van der Waals surface area contributed by atoms with Gasteiger partial charge >= 0.3 is 0 Å². The van der Waals surface area contributed by atoms with Crippen LogP contribution in [0.4, 0.5) is 0 Å². The summed E-state index contributed by atoms with van der Waals surface area (Å²) >= 11 is 7.51. The largest absolute Gasteiger partial charge is 0.142 e. The molecule has 0 nitrogen and oxygen atoms in total. The van der Waals surface area contributed by atoms with E-state index in [1.54, 1.807) is 0 Å². The molecule has 0 saturated heterocycles. The zero-order chi connectivity index (χ0) is 33.9. The predicted molar refractivity (Wildman–Crippen MR) is 233 cm³/mol. The minimum absolute atomic E-state index is 1.31. The highest BCUT2D eigenvalue weighted by Crippen LogP contribution is 2.49. The van der Waals surface area contributed by atoms with Gasteiger partial charge in [0.05, 0.1) is 9.75 Å². The van der Waals surface area contributed by atoms with Crippen molar-refractivity contribution in [3.8, 4) is 51.5 Å². The molecule has 0 aliphatic heterocycles. The number of hydrogen-bond donors (Lipinski definition) is 0. The molecule has 0 amide bonds. The summed E-state index contributed by atoms with van der Waals surface area (Å²) in [7, 11) is 0. The summed E-state index contributed by atoms with van der Waals surface area (Å²) in [6.45, 7) is 0. The molecular weight excluding hydrogens is 705 g/mol. The first-order chi connectivity index (χ1) is 25.8. The van der Waals surface area contributed by atoms with Crippen LogP contribution < -0.4 is 0 Å². The van der Waals surface area contributed by atoms with Gasteiger partial charge in [0.25, 0.3) is 0 Å². The lowest BCUT2D eigenvalue weighted by Gasteiger charge is -2.14. The summed E-state index contributed by atoms with van der Waals surface area (Å²) in [5.41, 5.74) is 5.26. The van der Waals surface area contributed by atoms with Crippen LogP contribution in [0.3, 0.4) is 0 Å². The molecule has 4 heteroatoms. The van der Waals surface area contributed by atoms with E-state index in [2.05, 4.69) is 156 Å². The van der Waals surface area contributed by atoms with Crippen LogP contribution in [-0.2, 0) is 0 Å². The third-order valence-electron chi connectivity index (χ3n) is 10.9. The lowest BCUT2D eigenvalue weighted by molar-refractivity contribution is 1.74. The molecule has 8 aromatic carbocycles. The van der Waals surface area contributed by atoms with Crippen LogP contribution in [0, 0.1) is 0 Å². The van der Waals surface area contributed by atoms with Crippen molar-refractivity contribution in [3.05, 3.63) is 156 Å². The molecule has 12 aromatic rings. The van der Waals surface area contributed by atoms with E-state index in [0.29, 0.717) is 0 Å². The summed E-state index contributed by atoms with van der Waals surface area (Å²) in [5.74, 6) is 0. The molecule has 0 radical (unpaired) electrons. The van der Waals surface area contributed by atoms with Crippen molar-refractivity contribution in [1.82, 2.24) is 0 Å². The zero-order valence-corrected chi connectivity index (χ0v) is 30.9. The molecule has 0 spiro atoms. The van der Waals surface area contributed by atoms with Crippen LogP contribution in [0.5, 0.6) is 0 Å². The van der Waals surface area contributed by atoms with Gasteiger partial charge in [-0.05, 0) is 123 Å². The van der Waals surface area contributed by atoms with Gasteiger partial charge in [0.2, 0.25) is 0 Å². The van der Waals surface area contributed by atoms with Gasteiger partial charge < -0.3 is 0 Å². The smallest absolute Gasteiger partial charge is 0.0521 e. The van der Waals surface area contributed by atoms with Gasteiger partial charge in [0.1, 0.15) is 0 Å². The van der Waals surface area contributed by atoms with E-state index in [0.717, 1.165) is 0 Å². The van der Waals surface area contributed by atoms with Gasteiger partial charge in [0, 0.05) is 30.6 Å². The monoisotopic (exact) mass is 730 g/mol. The van der Waals surface area contributed by atoms with E-state index in [1.807, 2.05) is 45.3 Å². The topological polar surface area (TPSA) is 0 Å². The van der Waals surface area contributed by atoms with Crippen LogP contribution in [0.1, 0.15) is 0 Å². The molecule has 242 valence electrons. The molecule has 0 saturated carbocycles. The average molecular weight is 731 g/mol. The van der Waals surface area contributed by atoms with Crippen LogP contribution in [0.25, 0.3) is 116 Å². The fourth-order valence-electron chi connectivity index (χ4n) is 8.55. The van der Waals surface area contributed by atoms with Crippen molar-refractivity contribution in [2.75, 3.05) is 0 Å². The molecule has 0 aliphatic rings. The first-order valence-corrected chi connectivity index (χ1v) is 20.9. The standard InChI is InChI=1S/C48H26S4/c1-3-27-7-9-31-11-15-33(35-17-13-29(5-1)43(27)45(31)35)37-23-25-49-47(37)41-21-19-39(51-41)40-20-22-42(52-40)48-38(24-26-50-48)34-16-12-32-10-8-28-4-2-6-30-14-18-36(34)46(32)44(28)30/h1-26H. The molecule has 0 fully saturated rings. The first-order valence-electron chi connectivity index (χ1n) is 17.5. The molecule has 0 bridgehead atoms. The van der Waals surface area contributed by atoms with Crippen LogP contribution >= 0.6 is 45.3 Å². The van der Waals surface area contributed by atoms with E-state index in [4.69, 9.17) is 0 Å². The van der Waals surface area contributed by atoms with Gasteiger partial charge in [-0.1, -0.05) is 109 Å². The second-order valence-electron chi connectivity index (χ2n) is 13.6. The number of hydrogen-bond acceptors (Lipinski definition) is 4. The zero-order valence-electron chi connectivity index (χ0n) is 27.6. The summed E-state index contributed by atoms with van der Waals surface area (Å²) in [4.78, 5) is 7.98. The van der Waals surface area contributed by atoms with Gasteiger partial charge in [-0.25, -0.2) is 0 Å². The average Bonchev–Trinajstić information content (AvgIpc) is 4.03. The van der Waals surface area contributed by atoms with Crippen molar-refractivity contribution in [2.45, 2.75) is 0 Å². The van der Waals surface area contributed by atoms with Crippen LogP contribution in [0.15, 0.2) is 156 Å². The normalized spacial score (nSPS) is 12.2.